The monoisotopic (exact) mass is 423 g/mol. The standard InChI is InChI=1S/C24H17N5O3/c30-23(19-9-11-25-12-10-19)29(24(31)22-17-26-13-14-27-22)28-16-18-5-4-8-21(15-18)32-20-6-2-1-3-7-20/h1-17H/b28-16+. The van der Waals surface area contributed by atoms with Gasteiger partial charge in [0.1, 0.15) is 17.2 Å². The Labute approximate surface area is 183 Å². The highest BCUT2D eigenvalue weighted by Crippen LogP contribution is 2.21. The lowest BCUT2D eigenvalue weighted by Gasteiger charge is -2.14. The predicted molar refractivity (Wildman–Crippen MR) is 117 cm³/mol. The number of hydrogen-bond acceptors (Lipinski definition) is 7. The van der Waals surface area contributed by atoms with Crippen molar-refractivity contribution < 1.29 is 14.3 Å². The molecule has 32 heavy (non-hydrogen) atoms. The smallest absolute Gasteiger partial charge is 0.301 e. The summed E-state index contributed by atoms with van der Waals surface area (Å²) in [5.74, 6) is -0.0369. The van der Waals surface area contributed by atoms with Crippen molar-refractivity contribution in [2.45, 2.75) is 0 Å². The molecule has 0 aliphatic carbocycles. The lowest BCUT2D eigenvalue weighted by atomic mass is 10.2. The first-order valence-corrected chi connectivity index (χ1v) is 9.62. The number of aromatic nitrogens is 3. The minimum Gasteiger partial charge on any atom is -0.457 e. The Morgan fingerprint density at radius 3 is 2.34 bits per heavy atom. The minimum absolute atomic E-state index is 0.00628. The molecule has 156 valence electrons. The summed E-state index contributed by atoms with van der Waals surface area (Å²) in [6.45, 7) is 0. The highest BCUT2D eigenvalue weighted by atomic mass is 16.5. The zero-order valence-corrected chi connectivity index (χ0v) is 16.8. The van der Waals surface area contributed by atoms with E-state index in [0.29, 0.717) is 17.1 Å². The molecule has 0 atom stereocenters. The number of nitrogens with zero attached hydrogens (tertiary/aromatic N) is 5. The number of ether oxygens (including phenoxy) is 1. The second kappa shape index (κ2) is 9.86. The van der Waals surface area contributed by atoms with Gasteiger partial charge in [-0.15, -0.1) is 0 Å². The SMILES string of the molecule is O=C(c1ccncc1)N(/N=C/c1cccc(Oc2ccccc2)c1)C(=O)c1cnccn1. The van der Waals surface area contributed by atoms with E-state index in [-0.39, 0.29) is 11.3 Å². The van der Waals surface area contributed by atoms with Crippen molar-refractivity contribution >= 4 is 18.0 Å². The molecule has 2 aromatic heterocycles. The fourth-order valence-electron chi connectivity index (χ4n) is 2.74. The number of hydrogen-bond donors (Lipinski definition) is 0. The van der Waals surface area contributed by atoms with Gasteiger partial charge in [0.15, 0.2) is 0 Å². The van der Waals surface area contributed by atoms with Gasteiger partial charge in [0.05, 0.1) is 12.4 Å². The molecule has 2 aromatic carbocycles. The molecule has 0 radical (unpaired) electrons. The van der Waals surface area contributed by atoms with Crippen LogP contribution in [0.5, 0.6) is 11.5 Å². The molecule has 0 saturated heterocycles. The van der Waals surface area contributed by atoms with Gasteiger partial charge in [-0.25, -0.2) is 4.98 Å². The molecule has 0 spiro atoms. The Morgan fingerprint density at radius 1 is 0.812 bits per heavy atom. The third-order valence-electron chi connectivity index (χ3n) is 4.25. The van der Waals surface area contributed by atoms with Crippen LogP contribution < -0.4 is 4.74 Å². The average molecular weight is 423 g/mol. The molecule has 0 N–H and O–H groups in total. The zero-order valence-electron chi connectivity index (χ0n) is 16.8. The summed E-state index contributed by atoms with van der Waals surface area (Å²) >= 11 is 0. The maximum Gasteiger partial charge on any atom is 0.301 e. The molecule has 0 aliphatic heterocycles. The van der Waals surface area contributed by atoms with Gasteiger partial charge in [-0.1, -0.05) is 30.3 Å². The van der Waals surface area contributed by atoms with E-state index < -0.39 is 11.8 Å². The number of benzene rings is 2. The van der Waals surface area contributed by atoms with Crippen LogP contribution in [0.1, 0.15) is 26.4 Å². The van der Waals surface area contributed by atoms with Crippen LogP contribution in [0.15, 0.2) is 103 Å². The number of pyridine rings is 1. The summed E-state index contributed by atoms with van der Waals surface area (Å²) in [5.41, 5.74) is 0.890. The number of amides is 2. The van der Waals surface area contributed by atoms with Crippen LogP contribution in [0.25, 0.3) is 0 Å². The van der Waals surface area contributed by atoms with Gasteiger partial charge in [-0.2, -0.15) is 10.1 Å². The van der Waals surface area contributed by atoms with Crippen molar-refractivity contribution in [1.29, 1.82) is 0 Å². The van der Waals surface area contributed by atoms with Crippen molar-refractivity contribution in [1.82, 2.24) is 20.0 Å². The molecule has 0 bridgehead atoms. The Balaban J connectivity index is 1.61. The molecular weight excluding hydrogens is 406 g/mol. The van der Waals surface area contributed by atoms with Gasteiger partial charge < -0.3 is 4.74 Å². The fourth-order valence-corrected chi connectivity index (χ4v) is 2.74. The Morgan fingerprint density at radius 2 is 1.59 bits per heavy atom. The second-order valence-electron chi connectivity index (χ2n) is 6.48. The maximum absolute atomic E-state index is 13.0. The van der Waals surface area contributed by atoms with Gasteiger partial charge >= 0.3 is 5.91 Å². The van der Waals surface area contributed by atoms with Gasteiger partial charge in [-0.3, -0.25) is 19.6 Å². The summed E-state index contributed by atoms with van der Waals surface area (Å²) in [7, 11) is 0. The first-order valence-electron chi connectivity index (χ1n) is 9.62. The number of carbonyl (C=O) groups is 2. The molecule has 2 amide bonds. The van der Waals surface area contributed by atoms with Crippen molar-refractivity contribution in [3.8, 4) is 11.5 Å². The average Bonchev–Trinajstić information content (AvgIpc) is 2.86. The van der Waals surface area contributed by atoms with Crippen molar-refractivity contribution in [2.75, 3.05) is 0 Å². The highest BCUT2D eigenvalue weighted by molar-refractivity contribution is 6.09. The topological polar surface area (TPSA) is 97.6 Å². The molecule has 0 fully saturated rings. The molecule has 8 heteroatoms. The molecular formula is C24H17N5O3. The van der Waals surface area contributed by atoms with Crippen molar-refractivity contribution in [3.05, 3.63) is 115 Å². The van der Waals surface area contributed by atoms with Crippen molar-refractivity contribution in [2.24, 2.45) is 5.10 Å². The molecule has 0 aliphatic rings. The first kappa shape index (κ1) is 20.5. The molecule has 4 aromatic rings. The van der Waals surface area contributed by atoms with E-state index in [2.05, 4.69) is 20.1 Å². The van der Waals surface area contributed by atoms with E-state index in [1.807, 2.05) is 30.3 Å². The summed E-state index contributed by atoms with van der Waals surface area (Å²) in [5, 5.41) is 4.91. The Hall–Kier alpha value is -4.72. The van der Waals surface area contributed by atoms with E-state index in [1.165, 1.54) is 49.3 Å². The highest BCUT2D eigenvalue weighted by Gasteiger charge is 2.25. The van der Waals surface area contributed by atoms with Crippen LogP contribution >= 0.6 is 0 Å². The van der Waals surface area contributed by atoms with E-state index in [1.54, 1.807) is 24.3 Å². The number of imide groups is 1. The van der Waals surface area contributed by atoms with E-state index in [0.717, 1.165) is 5.01 Å². The first-order chi connectivity index (χ1) is 15.7. The summed E-state index contributed by atoms with van der Waals surface area (Å²) in [4.78, 5) is 37.7. The van der Waals surface area contributed by atoms with Gasteiger partial charge in [0.2, 0.25) is 0 Å². The number of carbonyl (C=O) groups excluding carboxylic acids is 2. The summed E-state index contributed by atoms with van der Waals surface area (Å²) < 4.78 is 5.83. The maximum atomic E-state index is 13.0. The summed E-state index contributed by atoms with van der Waals surface area (Å²) in [6, 6.07) is 19.5. The molecule has 8 nitrogen and oxygen atoms in total. The Kier molecular flexibility index (Phi) is 6.33. The van der Waals surface area contributed by atoms with Gasteiger partial charge in [-0.05, 0) is 42.0 Å². The number of hydrazone groups is 1. The second-order valence-corrected chi connectivity index (χ2v) is 6.48. The Bertz CT molecular complexity index is 1180. The van der Waals surface area contributed by atoms with E-state index in [9.17, 15) is 9.59 Å². The third kappa shape index (κ3) is 5.06. The van der Waals surface area contributed by atoms with Crippen LogP contribution in [0.4, 0.5) is 0 Å². The molecule has 0 unspecified atom stereocenters. The lowest BCUT2D eigenvalue weighted by molar-refractivity contribution is 0.0618. The van der Waals surface area contributed by atoms with Crippen LogP contribution in [-0.2, 0) is 0 Å². The predicted octanol–water partition coefficient (Wildman–Crippen LogP) is 3.98. The third-order valence-corrected chi connectivity index (χ3v) is 4.25. The van der Waals surface area contributed by atoms with Gasteiger partial charge in [0.25, 0.3) is 5.91 Å². The molecule has 2 heterocycles. The van der Waals surface area contributed by atoms with Crippen LogP contribution in [0.3, 0.4) is 0 Å². The van der Waals surface area contributed by atoms with Crippen LogP contribution in [-0.4, -0.2) is 38.0 Å². The molecule has 0 saturated carbocycles. The van der Waals surface area contributed by atoms with E-state index in [4.69, 9.17) is 4.74 Å². The number of para-hydroxylation sites is 1. The normalized spacial score (nSPS) is 10.6. The van der Waals surface area contributed by atoms with Crippen molar-refractivity contribution in [3.63, 3.8) is 0 Å². The zero-order chi connectivity index (χ0) is 22.2. The lowest BCUT2D eigenvalue weighted by Crippen LogP contribution is -2.33. The minimum atomic E-state index is -0.701. The van der Waals surface area contributed by atoms with Gasteiger partial charge in [0, 0.05) is 30.4 Å². The van der Waals surface area contributed by atoms with Crippen LogP contribution in [0, 0.1) is 0 Å². The quantitative estimate of drug-likeness (QED) is 0.264. The molecule has 4 rings (SSSR count). The van der Waals surface area contributed by atoms with E-state index >= 15 is 0 Å². The fraction of sp³-hybridized carbons (Fsp3) is 0. The summed E-state index contributed by atoms with van der Waals surface area (Å²) in [6.07, 6.45) is 8.42. The number of rotatable bonds is 6. The largest absolute Gasteiger partial charge is 0.457 e. The van der Waals surface area contributed by atoms with Crippen LogP contribution in [0.2, 0.25) is 0 Å².